The predicted octanol–water partition coefficient (Wildman–Crippen LogP) is 3.59. The van der Waals surface area contributed by atoms with Crippen LogP contribution in [0.15, 0.2) is 6.07 Å². The molecule has 7 heteroatoms. The Labute approximate surface area is 163 Å². The number of thiophene rings is 1. The highest BCUT2D eigenvalue weighted by Gasteiger charge is 2.31. The smallest absolute Gasteiger partial charge is 0.407 e. The highest BCUT2D eigenvalue weighted by molar-refractivity contribution is 7.16. The van der Waals surface area contributed by atoms with E-state index in [1.807, 2.05) is 26.8 Å². The molecule has 2 heterocycles. The molecule has 0 saturated heterocycles. The molecule has 1 saturated carbocycles. The molecule has 2 amide bonds. The predicted molar refractivity (Wildman–Crippen MR) is 102 cm³/mol. The zero-order valence-electron chi connectivity index (χ0n) is 15.2. The van der Waals surface area contributed by atoms with E-state index in [-0.39, 0.29) is 17.9 Å². The Morgan fingerprint density at radius 3 is 2.81 bits per heavy atom. The number of alkyl carbamates (subject to hydrolysis) is 1. The van der Waals surface area contributed by atoms with Crippen LogP contribution in [0.5, 0.6) is 0 Å². The van der Waals surface area contributed by atoms with Gasteiger partial charge in [0, 0.05) is 29.9 Å². The van der Waals surface area contributed by atoms with Crippen molar-refractivity contribution >= 4 is 34.9 Å². The maximum atomic E-state index is 12.3. The van der Waals surface area contributed by atoms with Gasteiger partial charge in [0.25, 0.3) is 5.91 Å². The van der Waals surface area contributed by atoms with E-state index in [9.17, 15) is 9.59 Å². The first-order valence-corrected chi connectivity index (χ1v) is 9.96. The van der Waals surface area contributed by atoms with Gasteiger partial charge in [-0.2, -0.15) is 0 Å². The summed E-state index contributed by atoms with van der Waals surface area (Å²) < 4.78 is 6.00. The summed E-state index contributed by atoms with van der Waals surface area (Å²) in [5.74, 6) is 5.82. The van der Waals surface area contributed by atoms with Crippen LogP contribution in [0.1, 0.15) is 44.1 Å². The summed E-state index contributed by atoms with van der Waals surface area (Å²) in [7, 11) is 0. The van der Waals surface area contributed by atoms with E-state index >= 15 is 0 Å². The highest BCUT2D eigenvalue weighted by atomic mass is 35.5. The molecule has 3 rings (SSSR count). The van der Waals surface area contributed by atoms with Crippen LogP contribution in [-0.4, -0.2) is 35.1 Å². The Morgan fingerprint density at radius 1 is 1.38 bits per heavy atom. The maximum Gasteiger partial charge on any atom is 0.407 e. The van der Waals surface area contributed by atoms with Crippen molar-refractivity contribution in [2.45, 2.75) is 58.2 Å². The molecule has 2 aliphatic rings. The lowest BCUT2D eigenvalue weighted by atomic mass is 9.81. The van der Waals surface area contributed by atoms with E-state index in [4.69, 9.17) is 16.3 Å². The van der Waals surface area contributed by atoms with Crippen molar-refractivity contribution < 1.29 is 14.3 Å². The zero-order chi connectivity index (χ0) is 18.9. The number of rotatable bonds is 1. The van der Waals surface area contributed by atoms with Gasteiger partial charge in [-0.1, -0.05) is 17.5 Å². The summed E-state index contributed by atoms with van der Waals surface area (Å²) in [6.07, 6.45) is 1.95. The number of carbonyl (C=O) groups is 2. The number of carbonyl (C=O) groups excluding carboxylic acids is 2. The third kappa shape index (κ3) is 4.93. The minimum atomic E-state index is -0.500. The second kappa shape index (κ2) is 7.50. The van der Waals surface area contributed by atoms with Gasteiger partial charge in [0.05, 0.1) is 4.34 Å². The molecule has 1 aromatic rings. The molecule has 0 spiro atoms. The van der Waals surface area contributed by atoms with Gasteiger partial charge in [0.2, 0.25) is 0 Å². The lowest BCUT2D eigenvalue weighted by Crippen LogP contribution is -2.46. The van der Waals surface area contributed by atoms with Crippen molar-refractivity contribution in [2.24, 2.45) is 5.92 Å². The highest BCUT2D eigenvalue weighted by Crippen LogP contribution is 2.31. The van der Waals surface area contributed by atoms with Gasteiger partial charge in [-0.25, -0.2) is 4.79 Å². The van der Waals surface area contributed by atoms with Gasteiger partial charge in [-0.15, -0.1) is 11.3 Å². The Kier molecular flexibility index (Phi) is 5.50. The number of nitrogens with one attached hydrogen (secondary N) is 1. The monoisotopic (exact) mass is 394 g/mol. The normalized spacial score (nSPS) is 21.8. The van der Waals surface area contributed by atoms with Crippen LogP contribution in [-0.2, 0) is 22.5 Å². The minimum absolute atomic E-state index is 0.0738. The van der Waals surface area contributed by atoms with Crippen LogP contribution in [0.25, 0.3) is 0 Å². The van der Waals surface area contributed by atoms with Gasteiger partial charge < -0.3 is 15.0 Å². The number of amides is 2. The van der Waals surface area contributed by atoms with Crippen molar-refractivity contribution in [3.63, 3.8) is 0 Å². The maximum absolute atomic E-state index is 12.3. The second-order valence-electron chi connectivity index (χ2n) is 7.76. The summed E-state index contributed by atoms with van der Waals surface area (Å²) in [5.41, 5.74) is 0.632. The molecule has 1 aromatic heterocycles. The fourth-order valence-electron chi connectivity index (χ4n) is 3.04. The first kappa shape index (κ1) is 19.1. The first-order valence-electron chi connectivity index (χ1n) is 8.76. The molecule has 1 fully saturated rings. The van der Waals surface area contributed by atoms with E-state index in [2.05, 4.69) is 17.2 Å². The number of fused-ring (bicyclic) bond motifs is 1. The Balaban J connectivity index is 1.43. The molecule has 0 atom stereocenters. The average molecular weight is 395 g/mol. The van der Waals surface area contributed by atoms with Gasteiger partial charge in [0.15, 0.2) is 0 Å². The van der Waals surface area contributed by atoms with Gasteiger partial charge >= 0.3 is 6.09 Å². The standard InChI is InChI=1S/C19H23ClN2O3S/c1-19(2,3)25-18(24)21-14-8-12(9-14)4-5-17(23)22-7-6-15-13(11-22)10-16(20)26-15/h10,12,14H,6-9,11H2,1-3H3,(H,21,24). The van der Waals surface area contributed by atoms with E-state index < -0.39 is 11.7 Å². The fraction of sp³-hybridized carbons (Fsp3) is 0.579. The lowest BCUT2D eigenvalue weighted by Gasteiger charge is -2.33. The van der Waals surface area contributed by atoms with Crippen molar-refractivity contribution in [1.82, 2.24) is 10.2 Å². The molecule has 0 bridgehead atoms. The summed E-state index contributed by atoms with van der Waals surface area (Å²) in [4.78, 5) is 27.1. The molecular weight excluding hydrogens is 372 g/mol. The average Bonchev–Trinajstić information content (AvgIpc) is 2.86. The molecule has 1 aliphatic heterocycles. The Morgan fingerprint density at radius 2 is 2.12 bits per heavy atom. The van der Waals surface area contributed by atoms with Gasteiger partial charge in [-0.3, -0.25) is 4.79 Å². The zero-order valence-corrected chi connectivity index (χ0v) is 16.8. The van der Waals surface area contributed by atoms with Crippen LogP contribution < -0.4 is 5.32 Å². The largest absolute Gasteiger partial charge is 0.444 e. The van der Waals surface area contributed by atoms with Gasteiger partial charge in [0.1, 0.15) is 5.60 Å². The van der Waals surface area contributed by atoms with Crippen LogP contribution in [0, 0.1) is 17.8 Å². The van der Waals surface area contributed by atoms with Crippen molar-refractivity contribution in [1.29, 1.82) is 0 Å². The molecule has 0 unspecified atom stereocenters. The van der Waals surface area contributed by atoms with E-state index in [0.29, 0.717) is 13.1 Å². The third-order valence-corrected chi connectivity index (χ3v) is 5.73. The van der Waals surface area contributed by atoms with Crippen LogP contribution in [0.2, 0.25) is 4.34 Å². The van der Waals surface area contributed by atoms with Crippen molar-refractivity contribution in [2.75, 3.05) is 6.54 Å². The summed E-state index contributed by atoms with van der Waals surface area (Å²) in [6.45, 7) is 6.77. The number of hydrogen-bond donors (Lipinski definition) is 1. The van der Waals surface area contributed by atoms with Crippen molar-refractivity contribution in [3.8, 4) is 11.8 Å². The van der Waals surface area contributed by atoms with Gasteiger partial charge in [-0.05, 0) is 57.6 Å². The Hall–Kier alpha value is -1.71. The quantitative estimate of drug-likeness (QED) is 0.740. The topological polar surface area (TPSA) is 58.6 Å². The van der Waals surface area contributed by atoms with E-state index in [1.165, 1.54) is 4.88 Å². The first-order chi connectivity index (χ1) is 12.2. The number of nitrogens with zero attached hydrogens (tertiary/aromatic N) is 1. The van der Waals surface area contributed by atoms with Crippen LogP contribution in [0.4, 0.5) is 4.79 Å². The lowest BCUT2D eigenvalue weighted by molar-refractivity contribution is -0.125. The molecular formula is C19H23ClN2O3S. The molecule has 5 nitrogen and oxygen atoms in total. The molecule has 26 heavy (non-hydrogen) atoms. The van der Waals surface area contributed by atoms with Crippen molar-refractivity contribution in [3.05, 3.63) is 20.8 Å². The molecule has 1 aliphatic carbocycles. The Bertz CT molecular complexity index is 766. The minimum Gasteiger partial charge on any atom is -0.444 e. The molecule has 140 valence electrons. The third-order valence-electron chi connectivity index (χ3n) is 4.37. The summed E-state index contributed by atoms with van der Waals surface area (Å²) in [5, 5.41) is 2.83. The fourth-order valence-corrected chi connectivity index (χ4v) is 4.34. The number of ether oxygens (including phenoxy) is 1. The molecule has 1 N–H and O–H groups in total. The van der Waals surface area contributed by atoms with Crippen LogP contribution in [0.3, 0.4) is 0 Å². The SMILES string of the molecule is CC(C)(C)OC(=O)NC1CC(C#CC(=O)N2CCc3sc(Cl)cc3C2)C1. The molecule has 0 radical (unpaired) electrons. The van der Waals surface area contributed by atoms with E-state index in [0.717, 1.165) is 29.2 Å². The number of halogens is 1. The molecule has 0 aromatic carbocycles. The summed E-state index contributed by atoms with van der Waals surface area (Å²) in [6, 6.07) is 2.01. The van der Waals surface area contributed by atoms with E-state index in [1.54, 1.807) is 16.2 Å². The summed E-state index contributed by atoms with van der Waals surface area (Å²) >= 11 is 7.63. The second-order valence-corrected chi connectivity index (χ2v) is 9.52. The number of hydrogen-bond acceptors (Lipinski definition) is 4. The van der Waals surface area contributed by atoms with Crippen LogP contribution >= 0.6 is 22.9 Å².